The first-order chi connectivity index (χ1) is 12.0. The second kappa shape index (κ2) is 10.1. The summed E-state index contributed by atoms with van der Waals surface area (Å²) in [6, 6.07) is 7.52. The number of carbonyl (C=O) groups excluding carboxylic acids is 2. The maximum atomic E-state index is 12.5. The van der Waals surface area contributed by atoms with E-state index in [2.05, 4.69) is 0 Å². The second-order valence-electron chi connectivity index (χ2n) is 5.89. The van der Waals surface area contributed by atoms with Crippen molar-refractivity contribution >= 4 is 51.7 Å². The SMILES string of the molecule is O=C(CCCCCCN1C(=O)C(Cc2ccc(Cl)cc2)SC1=S)NO. The van der Waals surface area contributed by atoms with Crippen molar-refractivity contribution in [3.8, 4) is 0 Å². The Balaban J connectivity index is 1.73. The van der Waals surface area contributed by atoms with Crippen LogP contribution in [0.25, 0.3) is 0 Å². The predicted octanol–water partition coefficient (Wildman–Crippen LogP) is 3.57. The normalized spacial score (nSPS) is 17.2. The Morgan fingerprint density at radius 3 is 2.60 bits per heavy atom. The summed E-state index contributed by atoms with van der Waals surface area (Å²) in [4.78, 5) is 25.1. The third-order valence-electron chi connectivity index (χ3n) is 4.00. The Kier molecular flexibility index (Phi) is 8.15. The minimum absolute atomic E-state index is 0.0737. The lowest BCUT2D eigenvalue weighted by atomic mass is 10.1. The maximum absolute atomic E-state index is 12.5. The Hall–Kier alpha value is -1.15. The average Bonchev–Trinajstić information content (AvgIpc) is 2.86. The number of benzene rings is 1. The van der Waals surface area contributed by atoms with Gasteiger partial charge in [-0.05, 0) is 37.0 Å². The van der Waals surface area contributed by atoms with E-state index in [-0.39, 0.29) is 17.1 Å². The molecular weight excluding hydrogens is 380 g/mol. The fourth-order valence-electron chi connectivity index (χ4n) is 2.63. The van der Waals surface area contributed by atoms with Crippen LogP contribution in [0.5, 0.6) is 0 Å². The molecule has 1 aromatic carbocycles. The monoisotopic (exact) mass is 400 g/mol. The van der Waals surface area contributed by atoms with Crippen molar-refractivity contribution in [3.63, 3.8) is 0 Å². The lowest BCUT2D eigenvalue weighted by Crippen LogP contribution is -2.33. The molecule has 1 aromatic rings. The highest BCUT2D eigenvalue weighted by molar-refractivity contribution is 8.24. The van der Waals surface area contributed by atoms with Crippen molar-refractivity contribution in [1.29, 1.82) is 0 Å². The fourth-order valence-corrected chi connectivity index (χ4v) is 4.34. The molecule has 136 valence electrons. The molecule has 1 fully saturated rings. The van der Waals surface area contributed by atoms with Crippen LogP contribution >= 0.6 is 35.6 Å². The zero-order valence-corrected chi connectivity index (χ0v) is 16.1. The largest absolute Gasteiger partial charge is 0.297 e. The van der Waals surface area contributed by atoms with Gasteiger partial charge in [-0.2, -0.15) is 0 Å². The topological polar surface area (TPSA) is 69.6 Å². The Bertz CT molecular complexity index is 625. The number of rotatable bonds is 9. The molecule has 5 nitrogen and oxygen atoms in total. The van der Waals surface area contributed by atoms with Crippen LogP contribution in [0.3, 0.4) is 0 Å². The molecule has 2 N–H and O–H groups in total. The van der Waals surface area contributed by atoms with E-state index in [0.717, 1.165) is 31.2 Å². The molecule has 1 atom stereocenters. The van der Waals surface area contributed by atoms with Gasteiger partial charge < -0.3 is 0 Å². The molecule has 1 heterocycles. The summed E-state index contributed by atoms with van der Waals surface area (Å²) in [7, 11) is 0. The van der Waals surface area contributed by atoms with Gasteiger partial charge in [-0.15, -0.1) is 0 Å². The molecule has 25 heavy (non-hydrogen) atoms. The van der Waals surface area contributed by atoms with Crippen LogP contribution in [0.15, 0.2) is 24.3 Å². The Morgan fingerprint density at radius 1 is 1.24 bits per heavy atom. The van der Waals surface area contributed by atoms with Gasteiger partial charge in [0.05, 0.1) is 5.25 Å². The van der Waals surface area contributed by atoms with E-state index in [1.54, 1.807) is 10.4 Å². The summed E-state index contributed by atoms with van der Waals surface area (Å²) in [5, 5.41) is 8.93. The van der Waals surface area contributed by atoms with Crippen molar-refractivity contribution in [3.05, 3.63) is 34.9 Å². The number of thioether (sulfide) groups is 1. The van der Waals surface area contributed by atoms with Gasteiger partial charge in [0.2, 0.25) is 11.8 Å². The summed E-state index contributed by atoms with van der Waals surface area (Å²) in [6.45, 7) is 0.619. The highest BCUT2D eigenvalue weighted by Crippen LogP contribution is 2.30. The summed E-state index contributed by atoms with van der Waals surface area (Å²) in [5.41, 5.74) is 2.69. The highest BCUT2D eigenvalue weighted by atomic mass is 35.5. The van der Waals surface area contributed by atoms with Crippen LogP contribution in [0.2, 0.25) is 5.02 Å². The van der Waals surface area contributed by atoms with Gasteiger partial charge in [-0.1, -0.05) is 60.6 Å². The molecule has 1 unspecified atom stereocenters. The first-order valence-electron chi connectivity index (χ1n) is 8.20. The zero-order valence-electron chi connectivity index (χ0n) is 13.7. The van der Waals surface area contributed by atoms with Gasteiger partial charge in [0.15, 0.2) is 0 Å². The molecule has 1 aliphatic heterocycles. The van der Waals surface area contributed by atoms with Crippen LogP contribution in [-0.4, -0.2) is 38.0 Å². The summed E-state index contributed by atoms with van der Waals surface area (Å²) >= 11 is 12.7. The molecule has 8 heteroatoms. The van der Waals surface area contributed by atoms with E-state index in [0.29, 0.717) is 28.7 Å². The number of hydrogen-bond donors (Lipinski definition) is 2. The van der Waals surface area contributed by atoms with Crippen molar-refractivity contribution < 1.29 is 14.8 Å². The quantitative estimate of drug-likeness (QED) is 0.287. The number of halogens is 1. The molecule has 0 aliphatic carbocycles. The van der Waals surface area contributed by atoms with Gasteiger partial charge in [-0.3, -0.25) is 19.7 Å². The third kappa shape index (κ3) is 6.26. The number of hydroxylamine groups is 1. The van der Waals surface area contributed by atoms with E-state index >= 15 is 0 Å². The number of carbonyl (C=O) groups is 2. The second-order valence-corrected chi connectivity index (χ2v) is 8.17. The van der Waals surface area contributed by atoms with Crippen LogP contribution in [0.1, 0.15) is 37.7 Å². The first kappa shape index (κ1) is 20.2. The number of nitrogens with one attached hydrogen (secondary N) is 1. The number of unbranched alkanes of at least 4 members (excludes halogenated alkanes) is 3. The number of thiocarbonyl (C=S) groups is 1. The van der Waals surface area contributed by atoms with E-state index in [1.165, 1.54) is 11.8 Å². The minimum atomic E-state index is -0.364. The van der Waals surface area contributed by atoms with Gasteiger partial charge in [-0.25, -0.2) is 5.48 Å². The molecule has 1 aliphatic rings. The minimum Gasteiger partial charge on any atom is -0.297 e. The van der Waals surface area contributed by atoms with E-state index in [1.807, 2.05) is 24.3 Å². The first-order valence-corrected chi connectivity index (χ1v) is 9.87. The molecule has 0 radical (unpaired) electrons. The molecule has 0 bridgehead atoms. The average molecular weight is 401 g/mol. The molecule has 2 amide bonds. The zero-order chi connectivity index (χ0) is 18.2. The molecular formula is C17H21ClN2O3S2. The standard InChI is InChI=1S/C17H21ClN2O3S2/c18-13-8-6-12(7-9-13)11-14-16(22)20(17(24)25-14)10-4-2-1-3-5-15(21)19-23/h6-9,14,23H,1-5,10-11H2,(H,19,21). The van der Waals surface area contributed by atoms with Gasteiger partial charge in [0.25, 0.3) is 0 Å². The summed E-state index contributed by atoms with van der Waals surface area (Å²) in [6.07, 6.45) is 4.32. The van der Waals surface area contributed by atoms with Crippen molar-refractivity contribution in [1.82, 2.24) is 10.4 Å². The smallest absolute Gasteiger partial charge is 0.243 e. The predicted molar refractivity (Wildman–Crippen MR) is 104 cm³/mol. The van der Waals surface area contributed by atoms with E-state index in [9.17, 15) is 9.59 Å². The molecule has 0 saturated carbocycles. The Labute approximate surface area is 162 Å². The van der Waals surface area contributed by atoms with Crippen LogP contribution in [-0.2, 0) is 16.0 Å². The van der Waals surface area contributed by atoms with Gasteiger partial charge >= 0.3 is 0 Å². The molecule has 0 aromatic heterocycles. The maximum Gasteiger partial charge on any atom is 0.243 e. The molecule has 1 saturated heterocycles. The van der Waals surface area contributed by atoms with Gasteiger partial charge in [0, 0.05) is 18.0 Å². The molecule has 2 rings (SSSR count). The number of hydrogen-bond acceptors (Lipinski definition) is 5. The third-order valence-corrected chi connectivity index (χ3v) is 5.84. The highest BCUT2D eigenvalue weighted by Gasteiger charge is 2.36. The lowest BCUT2D eigenvalue weighted by molar-refractivity contribution is -0.129. The van der Waals surface area contributed by atoms with E-state index in [4.69, 9.17) is 29.0 Å². The van der Waals surface area contributed by atoms with Crippen molar-refractivity contribution in [2.45, 2.75) is 43.8 Å². The Morgan fingerprint density at radius 2 is 1.92 bits per heavy atom. The van der Waals surface area contributed by atoms with Crippen LogP contribution < -0.4 is 5.48 Å². The van der Waals surface area contributed by atoms with Crippen molar-refractivity contribution in [2.24, 2.45) is 0 Å². The molecule has 0 spiro atoms. The summed E-state index contributed by atoms with van der Waals surface area (Å²) < 4.78 is 0.642. The lowest BCUT2D eigenvalue weighted by Gasteiger charge is -2.15. The van der Waals surface area contributed by atoms with Crippen molar-refractivity contribution in [2.75, 3.05) is 6.54 Å². The summed E-state index contributed by atoms with van der Waals surface area (Å²) in [5.74, 6) is -0.290. The number of amides is 2. The van der Waals surface area contributed by atoms with Gasteiger partial charge in [0.1, 0.15) is 4.32 Å². The van der Waals surface area contributed by atoms with E-state index < -0.39 is 0 Å². The number of nitrogens with zero attached hydrogens (tertiary/aromatic N) is 1. The van der Waals surface area contributed by atoms with Crippen LogP contribution in [0.4, 0.5) is 0 Å². The fraction of sp³-hybridized carbons (Fsp3) is 0.471. The van der Waals surface area contributed by atoms with Crippen LogP contribution in [0, 0.1) is 0 Å².